The zero-order chi connectivity index (χ0) is 8.97. The number of hydrogen-bond donors (Lipinski definition) is 1. The van der Waals surface area contributed by atoms with E-state index in [-0.39, 0.29) is 0 Å². The number of hydrogen-bond acceptors (Lipinski definition) is 2. The average Bonchev–Trinajstić information content (AvgIpc) is 2.52. The lowest BCUT2D eigenvalue weighted by Crippen LogP contribution is -2.38. The van der Waals surface area contributed by atoms with Crippen LogP contribution in [-0.2, 0) is 10.8 Å². The van der Waals surface area contributed by atoms with Gasteiger partial charge in [0.1, 0.15) is 0 Å². The van der Waals surface area contributed by atoms with Gasteiger partial charge in [0.25, 0.3) is 0 Å². The fourth-order valence-electron chi connectivity index (χ4n) is 1.95. The van der Waals surface area contributed by atoms with Crippen LogP contribution in [0.4, 0.5) is 0 Å². The Kier molecular flexibility index (Phi) is 4.22. The molecule has 1 aliphatic rings. The molecule has 1 fully saturated rings. The third-order valence-corrected chi connectivity index (χ3v) is 4.35. The molecule has 0 heterocycles. The van der Waals surface area contributed by atoms with Crippen molar-refractivity contribution < 1.29 is 4.21 Å². The average molecular weight is 189 g/mol. The van der Waals surface area contributed by atoms with Gasteiger partial charge in [-0.25, -0.2) is 0 Å². The molecule has 3 unspecified atom stereocenters. The summed E-state index contributed by atoms with van der Waals surface area (Å²) < 4.78 is 11.6. The van der Waals surface area contributed by atoms with Crippen LogP contribution in [0.15, 0.2) is 0 Å². The zero-order valence-electron chi connectivity index (χ0n) is 8.01. The second-order valence-electron chi connectivity index (χ2n) is 3.30. The maximum Gasteiger partial charge on any atom is 0.0501 e. The van der Waals surface area contributed by atoms with Gasteiger partial charge in [0, 0.05) is 22.6 Å². The topological polar surface area (TPSA) is 29.1 Å². The highest BCUT2D eigenvalue weighted by Crippen LogP contribution is 2.23. The fourth-order valence-corrected chi connectivity index (χ4v) is 3.41. The summed E-state index contributed by atoms with van der Waals surface area (Å²) in [6.45, 7) is 5.13. The summed E-state index contributed by atoms with van der Waals surface area (Å²) in [4.78, 5) is 0. The Morgan fingerprint density at radius 1 is 1.42 bits per heavy atom. The molecule has 12 heavy (non-hydrogen) atoms. The summed E-state index contributed by atoms with van der Waals surface area (Å²) >= 11 is 0. The van der Waals surface area contributed by atoms with Crippen molar-refractivity contribution in [2.75, 3.05) is 12.3 Å². The van der Waals surface area contributed by atoms with Gasteiger partial charge in [0.05, 0.1) is 5.25 Å². The van der Waals surface area contributed by atoms with Crippen LogP contribution in [0.1, 0.15) is 33.1 Å². The Bertz CT molecular complexity index is 161. The van der Waals surface area contributed by atoms with E-state index < -0.39 is 10.8 Å². The summed E-state index contributed by atoms with van der Waals surface area (Å²) in [6, 6.07) is 0.524. The van der Waals surface area contributed by atoms with Gasteiger partial charge in [-0.3, -0.25) is 4.21 Å². The molecule has 1 N–H and O–H groups in total. The molecular weight excluding hydrogens is 170 g/mol. The van der Waals surface area contributed by atoms with Gasteiger partial charge in [-0.1, -0.05) is 20.3 Å². The summed E-state index contributed by atoms with van der Waals surface area (Å²) in [6.07, 6.45) is 3.61. The monoisotopic (exact) mass is 189 g/mol. The summed E-state index contributed by atoms with van der Waals surface area (Å²) in [7, 11) is -0.596. The SMILES string of the molecule is CCNC1CCCC1S(=O)CC. The largest absolute Gasteiger partial charge is 0.313 e. The van der Waals surface area contributed by atoms with Gasteiger partial charge >= 0.3 is 0 Å². The van der Waals surface area contributed by atoms with E-state index in [1.54, 1.807) is 0 Å². The molecule has 0 aromatic carbocycles. The normalized spacial score (nSPS) is 32.2. The molecular formula is C9H19NOS. The summed E-state index contributed by atoms with van der Waals surface area (Å²) in [5.41, 5.74) is 0. The van der Waals surface area contributed by atoms with Crippen molar-refractivity contribution >= 4 is 10.8 Å². The maximum absolute atomic E-state index is 11.6. The Hall–Kier alpha value is 0.110. The predicted octanol–water partition coefficient (Wildman–Crippen LogP) is 1.29. The molecule has 3 heteroatoms. The van der Waals surface area contributed by atoms with Crippen LogP contribution >= 0.6 is 0 Å². The first-order valence-corrected chi connectivity index (χ1v) is 6.28. The predicted molar refractivity (Wildman–Crippen MR) is 53.8 cm³/mol. The molecule has 1 saturated carbocycles. The van der Waals surface area contributed by atoms with Gasteiger partial charge in [0.15, 0.2) is 0 Å². The van der Waals surface area contributed by atoms with Crippen LogP contribution in [0.3, 0.4) is 0 Å². The van der Waals surface area contributed by atoms with Crippen molar-refractivity contribution in [1.82, 2.24) is 5.32 Å². The summed E-state index contributed by atoms with van der Waals surface area (Å²) in [5.74, 6) is 0.812. The van der Waals surface area contributed by atoms with E-state index in [0.29, 0.717) is 11.3 Å². The second-order valence-corrected chi connectivity index (χ2v) is 5.25. The molecule has 0 aliphatic heterocycles. The quantitative estimate of drug-likeness (QED) is 0.722. The van der Waals surface area contributed by atoms with Crippen molar-refractivity contribution in [3.63, 3.8) is 0 Å². The Morgan fingerprint density at radius 2 is 2.17 bits per heavy atom. The van der Waals surface area contributed by atoms with Crippen LogP contribution in [0, 0.1) is 0 Å². The smallest absolute Gasteiger partial charge is 0.0501 e. The lowest BCUT2D eigenvalue weighted by molar-refractivity contribution is 0.541. The molecule has 0 saturated heterocycles. The van der Waals surface area contributed by atoms with Gasteiger partial charge < -0.3 is 5.32 Å². The van der Waals surface area contributed by atoms with Crippen LogP contribution in [-0.4, -0.2) is 27.8 Å². The first-order chi connectivity index (χ1) is 5.79. The Morgan fingerprint density at radius 3 is 2.75 bits per heavy atom. The van der Waals surface area contributed by atoms with E-state index in [1.807, 2.05) is 6.92 Å². The van der Waals surface area contributed by atoms with E-state index in [9.17, 15) is 4.21 Å². The van der Waals surface area contributed by atoms with Crippen molar-refractivity contribution in [3.8, 4) is 0 Å². The highest BCUT2D eigenvalue weighted by Gasteiger charge is 2.30. The van der Waals surface area contributed by atoms with Crippen molar-refractivity contribution in [2.45, 2.75) is 44.4 Å². The first-order valence-electron chi connectivity index (χ1n) is 4.90. The molecule has 72 valence electrons. The minimum atomic E-state index is -0.596. The third kappa shape index (κ3) is 2.30. The molecule has 2 nitrogen and oxygen atoms in total. The minimum Gasteiger partial charge on any atom is -0.313 e. The fraction of sp³-hybridized carbons (Fsp3) is 1.00. The first kappa shape index (κ1) is 10.2. The molecule has 0 aromatic heterocycles. The Labute approximate surface area is 77.6 Å². The van der Waals surface area contributed by atoms with Crippen LogP contribution < -0.4 is 5.32 Å². The molecule has 3 atom stereocenters. The van der Waals surface area contributed by atoms with Crippen LogP contribution in [0.5, 0.6) is 0 Å². The van der Waals surface area contributed by atoms with E-state index >= 15 is 0 Å². The van der Waals surface area contributed by atoms with Crippen molar-refractivity contribution in [3.05, 3.63) is 0 Å². The summed E-state index contributed by atoms with van der Waals surface area (Å²) in [5, 5.41) is 3.84. The van der Waals surface area contributed by atoms with Crippen molar-refractivity contribution in [1.29, 1.82) is 0 Å². The maximum atomic E-state index is 11.6. The van der Waals surface area contributed by atoms with Gasteiger partial charge in [-0.15, -0.1) is 0 Å². The minimum absolute atomic E-state index is 0.426. The van der Waals surface area contributed by atoms with Gasteiger partial charge in [-0.05, 0) is 19.4 Å². The van der Waals surface area contributed by atoms with E-state index in [4.69, 9.17) is 0 Å². The van der Waals surface area contributed by atoms with Gasteiger partial charge in [0.2, 0.25) is 0 Å². The number of rotatable bonds is 4. The molecule has 0 radical (unpaired) electrons. The zero-order valence-corrected chi connectivity index (χ0v) is 8.82. The molecule has 0 spiro atoms. The Balaban J connectivity index is 2.45. The second kappa shape index (κ2) is 4.97. The van der Waals surface area contributed by atoms with Gasteiger partial charge in [-0.2, -0.15) is 0 Å². The lowest BCUT2D eigenvalue weighted by atomic mass is 10.2. The van der Waals surface area contributed by atoms with Crippen LogP contribution in [0.25, 0.3) is 0 Å². The van der Waals surface area contributed by atoms with E-state index in [0.717, 1.165) is 18.7 Å². The third-order valence-electron chi connectivity index (χ3n) is 2.54. The van der Waals surface area contributed by atoms with Crippen molar-refractivity contribution in [2.24, 2.45) is 0 Å². The number of nitrogens with one attached hydrogen (secondary N) is 1. The van der Waals surface area contributed by atoms with E-state index in [1.165, 1.54) is 12.8 Å². The van der Waals surface area contributed by atoms with E-state index in [2.05, 4.69) is 12.2 Å². The highest BCUT2D eigenvalue weighted by molar-refractivity contribution is 7.85. The molecule has 0 bridgehead atoms. The van der Waals surface area contributed by atoms with Crippen LogP contribution in [0.2, 0.25) is 0 Å². The lowest BCUT2D eigenvalue weighted by Gasteiger charge is -2.18. The molecule has 0 aromatic rings. The highest BCUT2D eigenvalue weighted by atomic mass is 32.2. The molecule has 0 amide bonds. The molecule has 1 aliphatic carbocycles. The standard InChI is InChI=1S/C9H19NOS/c1-3-10-8-6-5-7-9(8)12(11)4-2/h8-10H,3-7H2,1-2H3. The molecule has 1 rings (SSSR count).